The van der Waals surface area contributed by atoms with E-state index in [0.717, 1.165) is 27.7 Å². The SMILES string of the molecule is Nc1nn2c(-c3ccccc3)cnc2c2ccccc12. The van der Waals surface area contributed by atoms with Gasteiger partial charge in [-0.15, -0.1) is 5.10 Å². The van der Waals surface area contributed by atoms with Gasteiger partial charge in [-0.2, -0.15) is 0 Å². The molecule has 0 fully saturated rings. The lowest BCUT2D eigenvalue weighted by atomic mass is 10.1. The standard InChI is InChI=1S/C16H12N4/c17-15-12-8-4-5-9-13(12)16-18-10-14(20(16)19-15)11-6-2-1-3-7-11/h1-10H,(H2,17,19). The maximum atomic E-state index is 6.07. The smallest absolute Gasteiger partial charge is 0.162 e. The first kappa shape index (κ1) is 11.0. The Bertz CT molecular complexity index is 910. The van der Waals surface area contributed by atoms with Crippen molar-refractivity contribution in [1.29, 1.82) is 0 Å². The molecule has 0 amide bonds. The van der Waals surface area contributed by atoms with Crippen LogP contribution in [0.1, 0.15) is 0 Å². The number of fused-ring (bicyclic) bond motifs is 3. The van der Waals surface area contributed by atoms with E-state index in [-0.39, 0.29) is 0 Å². The van der Waals surface area contributed by atoms with Crippen LogP contribution in [0.5, 0.6) is 0 Å². The van der Waals surface area contributed by atoms with Gasteiger partial charge < -0.3 is 5.73 Å². The van der Waals surface area contributed by atoms with Crippen LogP contribution in [0, 0.1) is 0 Å². The molecule has 2 heterocycles. The summed E-state index contributed by atoms with van der Waals surface area (Å²) in [4.78, 5) is 4.51. The second kappa shape index (κ2) is 4.06. The Morgan fingerprint density at radius 2 is 1.55 bits per heavy atom. The molecule has 4 nitrogen and oxygen atoms in total. The van der Waals surface area contributed by atoms with Gasteiger partial charge in [-0.1, -0.05) is 54.6 Å². The molecule has 0 bridgehead atoms. The van der Waals surface area contributed by atoms with Crippen LogP contribution < -0.4 is 5.73 Å². The van der Waals surface area contributed by atoms with Crippen LogP contribution in [0.4, 0.5) is 5.82 Å². The second-order valence-corrected chi connectivity index (χ2v) is 4.68. The topological polar surface area (TPSA) is 56.2 Å². The lowest BCUT2D eigenvalue weighted by Crippen LogP contribution is -2.01. The zero-order valence-electron chi connectivity index (χ0n) is 10.7. The molecule has 2 aromatic carbocycles. The van der Waals surface area contributed by atoms with E-state index in [9.17, 15) is 0 Å². The van der Waals surface area contributed by atoms with E-state index in [2.05, 4.69) is 10.1 Å². The summed E-state index contributed by atoms with van der Waals surface area (Å²) in [6, 6.07) is 18.0. The van der Waals surface area contributed by atoms with Crippen molar-refractivity contribution in [2.45, 2.75) is 0 Å². The minimum absolute atomic E-state index is 0.517. The van der Waals surface area contributed by atoms with Crippen LogP contribution >= 0.6 is 0 Å². The summed E-state index contributed by atoms with van der Waals surface area (Å²) in [7, 11) is 0. The van der Waals surface area contributed by atoms with Crippen molar-refractivity contribution >= 4 is 22.2 Å². The Hall–Kier alpha value is -2.88. The highest BCUT2D eigenvalue weighted by Crippen LogP contribution is 2.27. The van der Waals surface area contributed by atoms with Gasteiger partial charge in [-0.05, 0) is 0 Å². The molecule has 0 aliphatic carbocycles. The van der Waals surface area contributed by atoms with Crippen molar-refractivity contribution in [3.05, 3.63) is 60.8 Å². The van der Waals surface area contributed by atoms with Crippen LogP contribution in [0.3, 0.4) is 0 Å². The van der Waals surface area contributed by atoms with Crippen molar-refractivity contribution in [2.75, 3.05) is 5.73 Å². The highest BCUT2D eigenvalue weighted by Gasteiger charge is 2.11. The molecule has 0 saturated heterocycles. The van der Waals surface area contributed by atoms with Crippen molar-refractivity contribution in [3.8, 4) is 11.3 Å². The van der Waals surface area contributed by atoms with Crippen molar-refractivity contribution < 1.29 is 0 Å². The quantitative estimate of drug-likeness (QED) is 0.572. The van der Waals surface area contributed by atoms with E-state index in [1.54, 1.807) is 0 Å². The molecule has 0 atom stereocenters. The summed E-state index contributed by atoms with van der Waals surface area (Å²) in [5, 5.41) is 6.42. The van der Waals surface area contributed by atoms with E-state index >= 15 is 0 Å². The van der Waals surface area contributed by atoms with E-state index < -0.39 is 0 Å². The molecule has 0 spiro atoms. The fourth-order valence-electron chi connectivity index (χ4n) is 2.50. The van der Waals surface area contributed by atoms with E-state index in [0.29, 0.717) is 5.82 Å². The average Bonchev–Trinajstić information content (AvgIpc) is 2.92. The zero-order chi connectivity index (χ0) is 13.5. The Kier molecular flexibility index (Phi) is 2.23. The first-order valence-corrected chi connectivity index (χ1v) is 6.42. The van der Waals surface area contributed by atoms with Gasteiger partial charge in [-0.3, -0.25) is 0 Å². The summed E-state index contributed by atoms with van der Waals surface area (Å²) in [5.41, 5.74) is 8.91. The number of benzene rings is 2. The van der Waals surface area contributed by atoms with Crippen LogP contribution in [0.2, 0.25) is 0 Å². The third-order valence-corrected chi connectivity index (χ3v) is 3.46. The third kappa shape index (κ3) is 1.48. The molecular formula is C16H12N4. The minimum atomic E-state index is 0.517. The summed E-state index contributed by atoms with van der Waals surface area (Å²) in [5.74, 6) is 0.517. The summed E-state index contributed by atoms with van der Waals surface area (Å²) < 4.78 is 1.81. The molecular weight excluding hydrogens is 248 g/mol. The van der Waals surface area contributed by atoms with Crippen LogP contribution in [0.25, 0.3) is 27.7 Å². The monoisotopic (exact) mass is 260 g/mol. The number of nitrogens with zero attached hydrogens (tertiary/aromatic N) is 3. The minimum Gasteiger partial charge on any atom is -0.382 e. The fraction of sp³-hybridized carbons (Fsp3) is 0. The van der Waals surface area contributed by atoms with Gasteiger partial charge in [0.2, 0.25) is 0 Å². The van der Waals surface area contributed by atoms with Gasteiger partial charge in [-0.25, -0.2) is 9.50 Å². The number of aromatic nitrogens is 3. The van der Waals surface area contributed by atoms with Gasteiger partial charge in [0.05, 0.1) is 11.9 Å². The van der Waals surface area contributed by atoms with Crippen molar-refractivity contribution in [3.63, 3.8) is 0 Å². The van der Waals surface area contributed by atoms with Crippen LogP contribution in [-0.4, -0.2) is 14.6 Å². The molecule has 0 unspecified atom stereocenters. The molecule has 20 heavy (non-hydrogen) atoms. The first-order chi connectivity index (χ1) is 9.84. The first-order valence-electron chi connectivity index (χ1n) is 6.42. The lowest BCUT2D eigenvalue weighted by molar-refractivity contribution is 0.964. The second-order valence-electron chi connectivity index (χ2n) is 4.68. The summed E-state index contributed by atoms with van der Waals surface area (Å²) >= 11 is 0. The van der Waals surface area contributed by atoms with E-state index in [4.69, 9.17) is 5.73 Å². The zero-order valence-corrected chi connectivity index (χ0v) is 10.7. The van der Waals surface area contributed by atoms with Gasteiger partial charge in [0.15, 0.2) is 11.5 Å². The Morgan fingerprint density at radius 1 is 0.850 bits per heavy atom. The maximum absolute atomic E-state index is 6.07. The number of anilines is 1. The van der Waals surface area contributed by atoms with Gasteiger partial charge in [0.1, 0.15) is 0 Å². The molecule has 0 aliphatic rings. The van der Waals surface area contributed by atoms with Gasteiger partial charge in [0.25, 0.3) is 0 Å². The van der Waals surface area contributed by atoms with Crippen molar-refractivity contribution in [1.82, 2.24) is 14.6 Å². The fourth-order valence-corrected chi connectivity index (χ4v) is 2.50. The Morgan fingerprint density at radius 3 is 2.35 bits per heavy atom. The number of nitrogen functional groups attached to an aromatic ring is 1. The molecule has 0 radical (unpaired) electrons. The molecule has 4 rings (SSSR count). The molecule has 2 aromatic heterocycles. The predicted octanol–water partition coefficient (Wildman–Crippen LogP) is 3.13. The summed E-state index contributed by atoms with van der Waals surface area (Å²) in [6.45, 7) is 0. The highest BCUT2D eigenvalue weighted by atomic mass is 15.3. The Labute approximate surface area is 115 Å². The third-order valence-electron chi connectivity index (χ3n) is 3.46. The van der Waals surface area contributed by atoms with Crippen LogP contribution in [-0.2, 0) is 0 Å². The molecule has 4 aromatic rings. The lowest BCUT2D eigenvalue weighted by Gasteiger charge is -2.05. The largest absolute Gasteiger partial charge is 0.382 e. The number of rotatable bonds is 1. The average molecular weight is 260 g/mol. The van der Waals surface area contributed by atoms with Gasteiger partial charge >= 0.3 is 0 Å². The normalized spacial score (nSPS) is 11.2. The number of hydrogen-bond donors (Lipinski definition) is 1. The number of hydrogen-bond acceptors (Lipinski definition) is 3. The van der Waals surface area contributed by atoms with Crippen molar-refractivity contribution in [2.24, 2.45) is 0 Å². The molecule has 2 N–H and O–H groups in total. The maximum Gasteiger partial charge on any atom is 0.162 e. The summed E-state index contributed by atoms with van der Waals surface area (Å²) in [6.07, 6.45) is 1.84. The highest BCUT2D eigenvalue weighted by molar-refractivity contribution is 5.99. The van der Waals surface area contributed by atoms with Gasteiger partial charge in [0, 0.05) is 16.3 Å². The van der Waals surface area contributed by atoms with E-state index in [1.165, 1.54) is 0 Å². The predicted molar refractivity (Wildman–Crippen MR) is 80.3 cm³/mol. The van der Waals surface area contributed by atoms with Crippen LogP contribution in [0.15, 0.2) is 60.8 Å². The molecule has 96 valence electrons. The van der Waals surface area contributed by atoms with E-state index in [1.807, 2.05) is 65.3 Å². The number of imidazole rings is 1. The molecule has 4 heteroatoms. The number of nitrogens with two attached hydrogens (primary N) is 1. The molecule has 0 aliphatic heterocycles. The Balaban J connectivity index is 2.12. The molecule has 0 saturated carbocycles.